The number of carbonyl (C=O) groups excluding carboxylic acids is 3. The van der Waals surface area contributed by atoms with Crippen molar-refractivity contribution in [3.63, 3.8) is 0 Å². The highest BCUT2D eigenvalue weighted by atomic mass is 32.1. The molecule has 2 amide bonds. The van der Waals surface area contributed by atoms with Gasteiger partial charge in [0.2, 0.25) is 11.8 Å². The van der Waals surface area contributed by atoms with Gasteiger partial charge in [-0.1, -0.05) is 37.3 Å². The molecular weight excluding hydrogens is 396 g/mol. The van der Waals surface area contributed by atoms with Gasteiger partial charge in [-0.3, -0.25) is 19.3 Å². The number of rotatable bonds is 4. The van der Waals surface area contributed by atoms with E-state index in [9.17, 15) is 14.4 Å². The monoisotopic (exact) mass is 420 g/mol. The molecule has 1 aromatic carbocycles. The van der Waals surface area contributed by atoms with Crippen molar-refractivity contribution in [2.24, 2.45) is 11.8 Å². The van der Waals surface area contributed by atoms with Crippen LogP contribution in [0.3, 0.4) is 0 Å². The molecule has 2 aromatic rings. The van der Waals surface area contributed by atoms with Crippen molar-refractivity contribution in [1.29, 1.82) is 0 Å². The Labute approximate surface area is 180 Å². The number of anilines is 1. The molecule has 0 radical (unpaired) electrons. The van der Waals surface area contributed by atoms with Crippen LogP contribution >= 0.6 is 11.3 Å². The van der Waals surface area contributed by atoms with Gasteiger partial charge in [0.05, 0.1) is 22.8 Å². The van der Waals surface area contributed by atoms with E-state index >= 15 is 0 Å². The van der Waals surface area contributed by atoms with Gasteiger partial charge in [0.15, 0.2) is 5.78 Å². The van der Waals surface area contributed by atoms with E-state index in [-0.39, 0.29) is 29.7 Å². The molecule has 0 spiro atoms. The van der Waals surface area contributed by atoms with Gasteiger partial charge in [0.1, 0.15) is 6.04 Å². The number of hydrogen-bond donors (Lipinski definition) is 0. The molecule has 0 unspecified atom stereocenters. The number of Topliss-reactive ketones (excluding diaryl/α,β-unsaturated/α-hetero) is 1. The molecule has 4 heterocycles. The highest BCUT2D eigenvalue weighted by molar-refractivity contribution is 7.12. The van der Waals surface area contributed by atoms with E-state index in [1.54, 1.807) is 6.07 Å². The van der Waals surface area contributed by atoms with Crippen molar-refractivity contribution >= 4 is 40.2 Å². The molecule has 0 bridgehead atoms. The van der Waals surface area contributed by atoms with Gasteiger partial charge in [0, 0.05) is 17.3 Å². The number of nitrogens with zero attached hydrogens (tertiary/aromatic N) is 2. The van der Waals surface area contributed by atoms with Gasteiger partial charge in [0.25, 0.3) is 0 Å². The lowest BCUT2D eigenvalue weighted by Crippen LogP contribution is -2.50. The molecule has 1 aromatic heterocycles. The van der Waals surface area contributed by atoms with E-state index in [2.05, 4.69) is 6.08 Å². The third-order valence-corrected chi connectivity index (χ3v) is 7.74. The van der Waals surface area contributed by atoms with Crippen LogP contribution in [-0.2, 0) is 9.59 Å². The number of imide groups is 1. The predicted molar refractivity (Wildman–Crippen MR) is 117 cm³/mol. The van der Waals surface area contributed by atoms with Crippen LogP contribution in [0, 0.1) is 11.8 Å². The zero-order valence-electron chi connectivity index (χ0n) is 17.2. The van der Waals surface area contributed by atoms with Gasteiger partial charge < -0.3 is 4.90 Å². The average molecular weight is 421 g/mol. The summed E-state index contributed by atoms with van der Waals surface area (Å²) in [5.41, 5.74) is 3.07. The van der Waals surface area contributed by atoms with Crippen molar-refractivity contribution in [2.45, 2.75) is 45.3 Å². The number of fused-ring (bicyclic) bond motifs is 5. The first-order chi connectivity index (χ1) is 14.5. The summed E-state index contributed by atoms with van der Waals surface area (Å²) in [5, 5.41) is 1.87. The van der Waals surface area contributed by atoms with E-state index in [0.29, 0.717) is 11.3 Å². The standard InChI is InChI=1S/C24H24N2O3S/c1-4-14(3)25-23(28)19-17-12-13(2)15-8-5-6-9-16(15)26(17)21(20(19)24(25)29)22(27)18-10-7-11-30-18/h5-12,14,17,19-21H,4H2,1-3H3/t14-,17-,19+,20-,21-/m1/s1. The Morgan fingerprint density at radius 1 is 1.10 bits per heavy atom. The Morgan fingerprint density at radius 3 is 2.53 bits per heavy atom. The second-order valence-corrected chi connectivity index (χ2v) is 9.35. The Morgan fingerprint density at radius 2 is 1.83 bits per heavy atom. The first-order valence-electron chi connectivity index (χ1n) is 10.5. The van der Waals surface area contributed by atoms with Crippen LogP contribution in [0.25, 0.3) is 5.57 Å². The topological polar surface area (TPSA) is 57.7 Å². The van der Waals surface area contributed by atoms with Crippen molar-refractivity contribution in [2.75, 3.05) is 4.90 Å². The first kappa shape index (κ1) is 19.2. The predicted octanol–water partition coefficient (Wildman–Crippen LogP) is 4.00. The van der Waals surface area contributed by atoms with Gasteiger partial charge in [-0.25, -0.2) is 0 Å². The minimum absolute atomic E-state index is 0.0718. The molecule has 2 fully saturated rings. The molecule has 6 heteroatoms. The fourth-order valence-electron chi connectivity index (χ4n) is 5.30. The highest BCUT2D eigenvalue weighted by Gasteiger charge is 2.64. The zero-order valence-corrected chi connectivity index (χ0v) is 18.1. The number of para-hydroxylation sites is 1. The number of allylic oxidation sites excluding steroid dienone is 1. The molecule has 2 saturated heterocycles. The number of carbonyl (C=O) groups is 3. The number of amides is 2. The summed E-state index contributed by atoms with van der Waals surface area (Å²) in [7, 11) is 0. The molecule has 0 N–H and O–H groups in total. The normalized spacial score (nSPS) is 28.2. The number of likely N-dealkylation sites (tertiary alicyclic amines) is 1. The van der Waals surface area contributed by atoms with Crippen molar-refractivity contribution in [3.05, 3.63) is 58.3 Å². The lowest BCUT2D eigenvalue weighted by atomic mass is 9.86. The second-order valence-electron chi connectivity index (χ2n) is 8.41. The molecule has 0 saturated carbocycles. The quantitative estimate of drug-likeness (QED) is 0.554. The fraction of sp³-hybridized carbons (Fsp3) is 0.375. The van der Waals surface area contributed by atoms with Crippen LogP contribution < -0.4 is 4.90 Å². The molecule has 3 aliphatic rings. The first-order valence-corrected chi connectivity index (χ1v) is 11.3. The maximum Gasteiger partial charge on any atom is 0.236 e. The lowest BCUT2D eigenvalue weighted by Gasteiger charge is -2.38. The minimum Gasteiger partial charge on any atom is -0.352 e. The SMILES string of the molecule is CC[C@@H](C)N1C(=O)[C@@H]2[C@@H](C1=O)[C@H](C(=O)c1cccs1)N1c3ccccc3C(C)=C[C@H]21. The highest BCUT2D eigenvalue weighted by Crippen LogP contribution is 2.50. The van der Waals surface area contributed by atoms with Crippen LogP contribution in [0.5, 0.6) is 0 Å². The lowest BCUT2D eigenvalue weighted by molar-refractivity contribution is -0.142. The molecule has 154 valence electrons. The Hall–Kier alpha value is -2.73. The van der Waals surface area contributed by atoms with Gasteiger partial charge in [-0.15, -0.1) is 11.3 Å². The Kier molecular flexibility index (Phi) is 4.43. The molecule has 30 heavy (non-hydrogen) atoms. The molecule has 5 rings (SSSR count). The summed E-state index contributed by atoms with van der Waals surface area (Å²) in [5.74, 6) is -1.59. The number of thiophene rings is 1. The molecule has 3 aliphatic heterocycles. The molecule has 5 atom stereocenters. The van der Waals surface area contributed by atoms with E-state index in [4.69, 9.17) is 0 Å². The van der Waals surface area contributed by atoms with E-state index in [1.165, 1.54) is 16.2 Å². The second kappa shape index (κ2) is 6.91. The smallest absolute Gasteiger partial charge is 0.236 e. The summed E-state index contributed by atoms with van der Waals surface area (Å²) in [6, 6.07) is 10.5. The van der Waals surface area contributed by atoms with Crippen molar-refractivity contribution < 1.29 is 14.4 Å². The van der Waals surface area contributed by atoms with Gasteiger partial charge in [-0.2, -0.15) is 0 Å². The van der Waals surface area contributed by atoms with Gasteiger partial charge >= 0.3 is 0 Å². The maximum atomic E-state index is 13.7. The van der Waals surface area contributed by atoms with Crippen molar-refractivity contribution in [1.82, 2.24) is 4.90 Å². The molecular formula is C24H24N2O3S. The Bertz CT molecular complexity index is 1070. The van der Waals surface area contributed by atoms with Gasteiger partial charge in [-0.05, 0) is 43.4 Å². The van der Waals surface area contributed by atoms with Crippen LogP contribution in [0.15, 0.2) is 47.9 Å². The number of hydrogen-bond acceptors (Lipinski definition) is 5. The summed E-state index contributed by atoms with van der Waals surface area (Å²) >= 11 is 1.39. The summed E-state index contributed by atoms with van der Waals surface area (Å²) in [6.07, 6.45) is 2.78. The molecule has 5 nitrogen and oxygen atoms in total. The minimum atomic E-state index is -0.672. The molecule has 0 aliphatic carbocycles. The van der Waals surface area contributed by atoms with E-state index in [0.717, 1.165) is 16.8 Å². The van der Waals surface area contributed by atoms with Crippen LogP contribution in [-0.4, -0.2) is 40.6 Å². The van der Waals surface area contributed by atoms with E-state index < -0.39 is 17.9 Å². The largest absolute Gasteiger partial charge is 0.352 e. The summed E-state index contributed by atoms with van der Waals surface area (Å²) < 4.78 is 0. The fourth-order valence-corrected chi connectivity index (χ4v) is 6.00. The number of benzene rings is 1. The van der Waals surface area contributed by atoms with E-state index in [1.807, 2.05) is 61.4 Å². The zero-order chi connectivity index (χ0) is 21.2. The number of ketones is 1. The van der Waals surface area contributed by atoms with Crippen LogP contribution in [0.2, 0.25) is 0 Å². The average Bonchev–Trinajstić information content (AvgIpc) is 3.44. The third kappa shape index (κ3) is 2.49. The third-order valence-electron chi connectivity index (χ3n) is 6.85. The maximum absolute atomic E-state index is 13.7. The Balaban J connectivity index is 1.69. The van der Waals surface area contributed by atoms with Crippen LogP contribution in [0.4, 0.5) is 5.69 Å². The summed E-state index contributed by atoms with van der Waals surface area (Å²) in [6.45, 7) is 5.91. The summed E-state index contributed by atoms with van der Waals surface area (Å²) in [4.78, 5) is 44.8. The van der Waals surface area contributed by atoms with Crippen molar-refractivity contribution in [3.8, 4) is 0 Å². The van der Waals surface area contributed by atoms with Crippen LogP contribution in [0.1, 0.15) is 42.4 Å².